The van der Waals surface area contributed by atoms with Crippen molar-refractivity contribution >= 4 is 40.3 Å². The molecule has 0 radical (unpaired) electrons. The maximum Gasteiger partial charge on any atom is 0.278 e. The van der Waals surface area contributed by atoms with Crippen molar-refractivity contribution in [2.24, 2.45) is 4.99 Å². The standard InChI is InChI=1S/C26H24ClFN4O/c1-18-6-7-19(27)16-23(18)29-25-22-4-2-3-5-24(22)32(26(25)33)17-30-12-14-31(15-13-30)21-10-8-20(28)9-11-21/h2-11,16H,12-15,17H2,1H3. The van der Waals surface area contributed by atoms with Gasteiger partial charge in [0.15, 0.2) is 0 Å². The van der Waals surface area contributed by atoms with E-state index in [0.717, 1.165) is 48.7 Å². The number of piperazine rings is 1. The van der Waals surface area contributed by atoms with E-state index in [1.54, 1.807) is 6.07 Å². The summed E-state index contributed by atoms with van der Waals surface area (Å²) in [5.41, 5.74) is 4.85. The van der Waals surface area contributed by atoms with E-state index < -0.39 is 0 Å². The van der Waals surface area contributed by atoms with Crippen LogP contribution in [0.25, 0.3) is 0 Å². The minimum atomic E-state index is -0.228. The molecule has 0 saturated carbocycles. The molecule has 0 atom stereocenters. The number of carbonyl (C=O) groups is 1. The minimum Gasteiger partial charge on any atom is -0.369 e. The number of fused-ring (bicyclic) bond motifs is 1. The molecule has 2 aliphatic rings. The molecule has 33 heavy (non-hydrogen) atoms. The highest BCUT2D eigenvalue weighted by molar-refractivity contribution is 6.54. The zero-order chi connectivity index (χ0) is 22.9. The Labute approximate surface area is 197 Å². The first-order chi connectivity index (χ1) is 16.0. The van der Waals surface area contributed by atoms with Gasteiger partial charge in [0.1, 0.15) is 11.5 Å². The average molecular weight is 463 g/mol. The summed E-state index contributed by atoms with van der Waals surface area (Å²) in [6.07, 6.45) is 0. The molecule has 0 aromatic heterocycles. The van der Waals surface area contributed by atoms with Crippen LogP contribution in [0, 0.1) is 12.7 Å². The van der Waals surface area contributed by atoms with Crippen LogP contribution in [0.5, 0.6) is 0 Å². The lowest BCUT2D eigenvalue weighted by Crippen LogP contribution is -2.51. The van der Waals surface area contributed by atoms with Gasteiger partial charge in [-0.15, -0.1) is 0 Å². The van der Waals surface area contributed by atoms with E-state index in [2.05, 4.69) is 9.80 Å². The number of carbonyl (C=O) groups excluding carboxylic acids is 1. The third-order valence-corrected chi connectivity index (χ3v) is 6.44. The normalized spacial score (nSPS) is 17.7. The maximum atomic E-state index is 13.4. The molecule has 5 nitrogen and oxygen atoms in total. The summed E-state index contributed by atoms with van der Waals surface area (Å²) < 4.78 is 13.2. The van der Waals surface area contributed by atoms with E-state index in [1.165, 1.54) is 12.1 Å². The van der Waals surface area contributed by atoms with Crippen LogP contribution in [-0.2, 0) is 4.79 Å². The predicted molar refractivity (Wildman–Crippen MR) is 131 cm³/mol. The monoisotopic (exact) mass is 462 g/mol. The number of para-hydroxylation sites is 1. The van der Waals surface area contributed by atoms with E-state index in [1.807, 2.05) is 60.4 Å². The van der Waals surface area contributed by atoms with Gasteiger partial charge in [-0.2, -0.15) is 0 Å². The highest BCUT2D eigenvalue weighted by Crippen LogP contribution is 2.32. The summed E-state index contributed by atoms with van der Waals surface area (Å²) in [5, 5.41) is 0.592. The molecular formula is C26H24ClFN4O. The van der Waals surface area contributed by atoms with E-state index in [4.69, 9.17) is 16.6 Å². The van der Waals surface area contributed by atoms with Crippen LogP contribution in [0.3, 0.4) is 0 Å². The lowest BCUT2D eigenvalue weighted by Gasteiger charge is -2.37. The van der Waals surface area contributed by atoms with Gasteiger partial charge in [-0.25, -0.2) is 9.38 Å². The van der Waals surface area contributed by atoms with E-state index >= 15 is 0 Å². The molecule has 0 bridgehead atoms. The van der Waals surface area contributed by atoms with E-state index in [0.29, 0.717) is 23.1 Å². The number of aryl methyl sites for hydroxylation is 1. The summed E-state index contributed by atoms with van der Waals surface area (Å²) >= 11 is 6.17. The number of anilines is 2. The molecule has 5 rings (SSSR count). The second-order valence-corrected chi connectivity index (χ2v) is 8.80. The number of aliphatic imine (C=N–C) groups is 1. The number of rotatable bonds is 4. The average Bonchev–Trinajstić information content (AvgIpc) is 3.08. The molecule has 0 spiro atoms. The van der Waals surface area contributed by atoms with Crippen molar-refractivity contribution in [2.75, 3.05) is 42.6 Å². The minimum absolute atomic E-state index is 0.100. The molecule has 0 aliphatic carbocycles. The van der Waals surface area contributed by atoms with Crippen LogP contribution in [0.15, 0.2) is 71.7 Å². The number of hydrogen-bond donors (Lipinski definition) is 0. The van der Waals surface area contributed by atoms with Gasteiger partial charge in [-0.05, 0) is 55.0 Å². The fourth-order valence-electron chi connectivity index (χ4n) is 4.33. The Morgan fingerprint density at radius 2 is 1.70 bits per heavy atom. The highest BCUT2D eigenvalue weighted by Gasteiger charge is 2.35. The highest BCUT2D eigenvalue weighted by atomic mass is 35.5. The molecule has 0 unspecified atom stereocenters. The SMILES string of the molecule is Cc1ccc(Cl)cc1N=C1C(=O)N(CN2CCN(c3ccc(F)cc3)CC2)c2ccccc21. The van der Waals surface area contributed by atoms with Gasteiger partial charge in [0.2, 0.25) is 0 Å². The molecule has 3 aromatic carbocycles. The molecule has 1 saturated heterocycles. The molecule has 168 valence electrons. The summed E-state index contributed by atoms with van der Waals surface area (Å²) in [5.74, 6) is -0.328. The summed E-state index contributed by atoms with van der Waals surface area (Å²) in [4.78, 5) is 24.5. The van der Waals surface area contributed by atoms with Gasteiger partial charge in [-0.3, -0.25) is 14.6 Å². The van der Waals surface area contributed by atoms with Crippen molar-refractivity contribution < 1.29 is 9.18 Å². The zero-order valence-corrected chi connectivity index (χ0v) is 19.1. The van der Waals surface area contributed by atoms with Crippen LogP contribution in [-0.4, -0.2) is 49.4 Å². The van der Waals surface area contributed by atoms with Crippen molar-refractivity contribution in [1.82, 2.24) is 4.90 Å². The molecule has 2 heterocycles. The number of amides is 1. The van der Waals surface area contributed by atoms with Crippen molar-refractivity contribution in [2.45, 2.75) is 6.92 Å². The first-order valence-electron chi connectivity index (χ1n) is 11.0. The Morgan fingerprint density at radius 3 is 2.45 bits per heavy atom. The predicted octanol–water partition coefficient (Wildman–Crippen LogP) is 5.03. The summed E-state index contributed by atoms with van der Waals surface area (Å²) in [6, 6.07) is 19.9. The zero-order valence-electron chi connectivity index (χ0n) is 18.3. The van der Waals surface area contributed by atoms with Crippen LogP contribution in [0.1, 0.15) is 11.1 Å². The topological polar surface area (TPSA) is 39.2 Å². The fourth-order valence-corrected chi connectivity index (χ4v) is 4.50. The van der Waals surface area contributed by atoms with Gasteiger partial charge >= 0.3 is 0 Å². The second-order valence-electron chi connectivity index (χ2n) is 8.36. The largest absolute Gasteiger partial charge is 0.369 e. The van der Waals surface area contributed by atoms with Crippen LogP contribution < -0.4 is 9.80 Å². The van der Waals surface area contributed by atoms with Gasteiger partial charge in [-0.1, -0.05) is 35.9 Å². The molecule has 3 aromatic rings. The van der Waals surface area contributed by atoms with Gasteiger partial charge < -0.3 is 4.90 Å². The Morgan fingerprint density at radius 1 is 0.970 bits per heavy atom. The van der Waals surface area contributed by atoms with Crippen LogP contribution in [0.4, 0.5) is 21.5 Å². The summed E-state index contributed by atoms with van der Waals surface area (Å²) in [6.45, 7) is 5.71. The number of nitrogens with zero attached hydrogens (tertiary/aromatic N) is 4. The van der Waals surface area contributed by atoms with Crippen molar-refractivity contribution in [3.8, 4) is 0 Å². The Bertz CT molecular complexity index is 1220. The molecule has 1 fully saturated rings. The van der Waals surface area contributed by atoms with Gasteiger partial charge in [0, 0.05) is 42.5 Å². The van der Waals surface area contributed by atoms with Crippen molar-refractivity contribution in [3.05, 3.63) is 88.7 Å². The molecule has 1 amide bonds. The molecular weight excluding hydrogens is 439 g/mol. The van der Waals surface area contributed by atoms with Gasteiger partial charge in [0.05, 0.1) is 18.0 Å². The number of halogens is 2. The maximum absolute atomic E-state index is 13.4. The quantitative estimate of drug-likeness (QED) is 0.545. The molecule has 2 aliphatic heterocycles. The lowest BCUT2D eigenvalue weighted by molar-refractivity contribution is -0.112. The van der Waals surface area contributed by atoms with Crippen LogP contribution in [0.2, 0.25) is 5.02 Å². The molecule has 0 N–H and O–H groups in total. The Balaban J connectivity index is 1.34. The second kappa shape index (κ2) is 8.96. The smallest absolute Gasteiger partial charge is 0.278 e. The first kappa shape index (κ1) is 21.6. The van der Waals surface area contributed by atoms with Crippen molar-refractivity contribution in [3.63, 3.8) is 0 Å². The van der Waals surface area contributed by atoms with Crippen molar-refractivity contribution in [1.29, 1.82) is 0 Å². The van der Waals surface area contributed by atoms with E-state index in [-0.39, 0.29) is 11.7 Å². The third kappa shape index (κ3) is 4.36. The fraction of sp³-hybridized carbons (Fsp3) is 0.231. The molecule has 7 heteroatoms. The Kier molecular flexibility index (Phi) is 5.87. The van der Waals surface area contributed by atoms with Crippen LogP contribution >= 0.6 is 11.6 Å². The first-order valence-corrected chi connectivity index (χ1v) is 11.4. The lowest BCUT2D eigenvalue weighted by atomic mass is 10.1. The van der Waals surface area contributed by atoms with Gasteiger partial charge in [0.25, 0.3) is 5.91 Å². The third-order valence-electron chi connectivity index (χ3n) is 6.21. The summed E-state index contributed by atoms with van der Waals surface area (Å²) in [7, 11) is 0. The Hall–Kier alpha value is -3.22. The number of benzene rings is 3. The van der Waals surface area contributed by atoms with E-state index in [9.17, 15) is 9.18 Å². The number of hydrogen-bond acceptors (Lipinski definition) is 4.